The molecule has 0 aliphatic carbocycles. The first-order valence-electron chi connectivity index (χ1n) is 6.51. The van der Waals surface area contributed by atoms with Crippen LogP contribution in [0.25, 0.3) is 0 Å². The van der Waals surface area contributed by atoms with Crippen molar-refractivity contribution < 1.29 is 0 Å². The predicted octanol–water partition coefficient (Wildman–Crippen LogP) is 1.71. The summed E-state index contributed by atoms with van der Waals surface area (Å²) in [6.07, 6.45) is 2.69. The molecule has 0 aliphatic heterocycles. The zero-order valence-electron chi connectivity index (χ0n) is 12.5. The fourth-order valence-electron chi connectivity index (χ4n) is 1.80. The Morgan fingerprint density at radius 3 is 2.81 bits per heavy atom. The Labute approximate surface area is 146 Å². The van der Waals surface area contributed by atoms with Crippen molar-refractivity contribution in [2.45, 2.75) is 19.9 Å². The Kier molecular flexibility index (Phi) is 7.65. The molecule has 21 heavy (non-hydrogen) atoms. The van der Waals surface area contributed by atoms with Gasteiger partial charge in [-0.25, -0.2) is 4.98 Å². The number of rotatable bonds is 5. The Morgan fingerprint density at radius 1 is 1.43 bits per heavy atom. The maximum Gasteiger partial charge on any atom is 0.191 e. The standard InChI is InChI=1S/C13H20N6S.HI/c1-10-18-11(9-20-10)4-6-15-13(14-2)16-8-12-5-7-17-19(12)3;/h5,7,9H,4,6,8H2,1-3H3,(H2,14,15,16);1H. The first-order chi connectivity index (χ1) is 9.69. The van der Waals surface area contributed by atoms with E-state index >= 15 is 0 Å². The van der Waals surface area contributed by atoms with Crippen molar-refractivity contribution in [3.63, 3.8) is 0 Å². The van der Waals surface area contributed by atoms with Crippen LogP contribution in [-0.2, 0) is 20.0 Å². The second-order valence-corrected chi connectivity index (χ2v) is 5.47. The molecule has 0 saturated heterocycles. The van der Waals surface area contributed by atoms with E-state index in [4.69, 9.17) is 0 Å². The second-order valence-electron chi connectivity index (χ2n) is 4.41. The van der Waals surface area contributed by atoms with E-state index in [1.54, 1.807) is 24.6 Å². The van der Waals surface area contributed by atoms with E-state index in [0.717, 1.165) is 35.3 Å². The quantitative estimate of drug-likeness (QED) is 0.439. The molecule has 6 nitrogen and oxygen atoms in total. The molecule has 0 radical (unpaired) electrons. The number of hydrogen-bond donors (Lipinski definition) is 2. The molecule has 2 heterocycles. The van der Waals surface area contributed by atoms with Gasteiger partial charge in [0.2, 0.25) is 0 Å². The van der Waals surface area contributed by atoms with Gasteiger partial charge in [0.25, 0.3) is 0 Å². The molecule has 2 aromatic heterocycles. The number of hydrogen-bond acceptors (Lipinski definition) is 4. The van der Waals surface area contributed by atoms with Crippen molar-refractivity contribution in [1.82, 2.24) is 25.4 Å². The summed E-state index contributed by atoms with van der Waals surface area (Å²) >= 11 is 1.68. The first-order valence-corrected chi connectivity index (χ1v) is 7.39. The van der Waals surface area contributed by atoms with Crippen LogP contribution < -0.4 is 10.6 Å². The zero-order chi connectivity index (χ0) is 14.4. The molecule has 116 valence electrons. The van der Waals surface area contributed by atoms with Gasteiger partial charge in [0, 0.05) is 38.6 Å². The van der Waals surface area contributed by atoms with E-state index in [9.17, 15) is 0 Å². The fraction of sp³-hybridized carbons (Fsp3) is 0.462. The van der Waals surface area contributed by atoms with Gasteiger partial charge in [0.05, 0.1) is 22.9 Å². The lowest BCUT2D eigenvalue weighted by atomic mass is 10.3. The zero-order valence-corrected chi connectivity index (χ0v) is 15.6. The Hall–Kier alpha value is -1.16. The SMILES string of the molecule is CN=C(NCCc1csc(C)n1)NCc1ccnn1C.I. The van der Waals surface area contributed by atoms with Crippen molar-refractivity contribution in [3.05, 3.63) is 34.0 Å². The lowest BCUT2D eigenvalue weighted by Crippen LogP contribution is -2.38. The van der Waals surface area contributed by atoms with Crippen LogP contribution in [0.5, 0.6) is 0 Å². The number of aryl methyl sites for hydroxylation is 2. The van der Waals surface area contributed by atoms with Gasteiger partial charge in [0.15, 0.2) is 5.96 Å². The summed E-state index contributed by atoms with van der Waals surface area (Å²) in [7, 11) is 3.70. The molecule has 0 aliphatic rings. The van der Waals surface area contributed by atoms with Crippen LogP contribution in [0.3, 0.4) is 0 Å². The lowest BCUT2D eigenvalue weighted by Gasteiger charge is -2.11. The Bertz CT molecular complexity index is 577. The van der Waals surface area contributed by atoms with Crippen molar-refractivity contribution in [2.24, 2.45) is 12.0 Å². The average Bonchev–Trinajstić information content (AvgIpc) is 3.03. The monoisotopic (exact) mass is 420 g/mol. The van der Waals surface area contributed by atoms with Crippen LogP contribution in [0.2, 0.25) is 0 Å². The van der Waals surface area contributed by atoms with Crippen molar-refractivity contribution in [1.29, 1.82) is 0 Å². The summed E-state index contributed by atoms with van der Waals surface area (Å²) in [5.41, 5.74) is 2.24. The number of guanidine groups is 1. The van der Waals surface area contributed by atoms with Gasteiger partial charge in [-0.1, -0.05) is 0 Å². The predicted molar refractivity (Wildman–Crippen MR) is 97.4 cm³/mol. The number of nitrogens with one attached hydrogen (secondary N) is 2. The Morgan fingerprint density at radius 2 is 2.24 bits per heavy atom. The summed E-state index contributed by atoms with van der Waals surface area (Å²) in [4.78, 5) is 8.64. The van der Waals surface area contributed by atoms with E-state index in [1.807, 2.05) is 24.7 Å². The molecule has 0 spiro atoms. The van der Waals surface area contributed by atoms with Crippen LogP contribution in [0.4, 0.5) is 0 Å². The lowest BCUT2D eigenvalue weighted by molar-refractivity contribution is 0.683. The molecule has 0 unspecified atom stereocenters. The fourth-order valence-corrected chi connectivity index (χ4v) is 2.45. The molecule has 2 N–H and O–H groups in total. The smallest absolute Gasteiger partial charge is 0.191 e. The van der Waals surface area contributed by atoms with Crippen LogP contribution in [-0.4, -0.2) is 34.3 Å². The highest BCUT2D eigenvalue weighted by Gasteiger charge is 2.02. The van der Waals surface area contributed by atoms with Gasteiger partial charge >= 0.3 is 0 Å². The van der Waals surface area contributed by atoms with Gasteiger partial charge in [-0.2, -0.15) is 5.10 Å². The summed E-state index contributed by atoms with van der Waals surface area (Å²) < 4.78 is 1.85. The van der Waals surface area contributed by atoms with Crippen LogP contribution in [0.15, 0.2) is 22.6 Å². The molecular formula is C13H21IN6S. The van der Waals surface area contributed by atoms with E-state index in [2.05, 4.69) is 31.1 Å². The summed E-state index contributed by atoms with van der Waals surface area (Å²) in [6, 6.07) is 1.98. The molecule has 0 atom stereocenters. The third-order valence-corrected chi connectivity index (χ3v) is 3.75. The number of halogens is 1. The maximum absolute atomic E-state index is 4.44. The largest absolute Gasteiger partial charge is 0.356 e. The molecule has 2 aromatic rings. The van der Waals surface area contributed by atoms with E-state index in [-0.39, 0.29) is 24.0 Å². The minimum absolute atomic E-state index is 0. The maximum atomic E-state index is 4.44. The van der Waals surface area contributed by atoms with Crippen LogP contribution in [0, 0.1) is 6.92 Å². The summed E-state index contributed by atoms with van der Waals surface area (Å²) in [5, 5.41) is 13.9. The summed E-state index contributed by atoms with van der Waals surface area (Å²) in [6.45, 7) is 3.54. The molecule has 8 heteroatoms. The van der Waals surface area contributed by atoms with Gasteiger partial charge in [-0.3, -0.25) is 9.67 Å². The second kappa shape index (κ2) is 8.98. The van der Waals surface area contributed by atoms with Crippen molar-refractivity contribution in [3.8, 4) is 0 Å². The van der Waals surface area contributed by atoms with E-state index in [1.165, 1.54) is 0 Å². The van der Waals surface area contributed by atoms with Crippen molar-refractivity contribution >= 4 is 41.3 Å². The highest BCUT2D eigenvalue weighted by Crippen LogP contribution is 2.07. The third kappa shape index (κ3) is 5.62. The van der Waals surface area contributed by atoms with Crippen LogP contribution in [0.1, 0.15) is 16.4 Å². The van der Waals surface area contributed by atoms with Gasteiger partial charge in [-0.15, -0.1) is 35.3 Å². The molecule has 2 rings (SSSR count). The minimum atomic E-state index is 0. The molecule has 0 fully saturated rings. The highest BCUT2D eigenvalue weighted by atomic mass is 127. The summed E-state index contributed by atoms with van der Waals surface area (Å²) in [5.74, 6) is 0.790. The van der Waals surface area contributed by atoms with Crippen molar-refractivity contribution in [2.75, 3.05) is 13.6 Å². The molecule has 0 saturated carbocycles. The topological polar surface area (TPSA) is 67.1 Å². The van der Waals surface area contributed by atoms with Gasteiger partial charge in [0.1, 0.15) is 0 Å². The number of nitrogens with zero attached hydrogens (tertiary/aromatic N) is 4. The van der Waals surface area contributed by atoms with E-state index in [0.29, 0.717) is 6.54 Å². The van der Waals surface area contributed by atoms with Gasteiger partial charge < -0.3 is 10.6 Å². The minimum Gasteiger partial charge on any atom is -0.356 e. The number of aliphatic imine (C=N–C) groups is 1. The molecule has 0 amide bonds. The number of thiazole rings is 1. The normalized spacial score (nSPS) is 11.1. The molecular weight excluding hydrogens is 399 g/mol. The molecule has 0 aromatic carbocycles. The van der Waals surface area contributed by atoms with Gasteiger partial charge in [-0.05, 0) is 13.0 Å². The number of aromatic nitrogens is 3. The van der Waals surface area contributed by atoms with Crippen LogP contribution >= 0.6 is 35.3 Å². The third-order valence-electron chi connectivity index (χ3n) is 2.92. The average molecular weight is 420 g/mol. The molecule has 0 bridgehead atoms. The Balaban J connectivity index is 0.00000220. The first kappa shape index (κ1) is 17.9. The van der Waals surface area contributed by atoms with E-state index < -0.39 is 0 Å². The highest BCUT2D eigenvalue weighted by molar-refractivity contribution is 14.0.